The number of aryl methyl sites for hydroxylation is 1. The first-order valence-corrected chi connectivity index (χ1v) is 6.97. The second-order valence-corrected chi connectivity index (χ2v) is 5.26. The smallest absolute Gasteiger partial charge is 0.183 e. The Balaban J connectivity index is 1.91. The Bertz CT molecular complexity index is 761. The van der Waals surface area contributed by atoms with Gasteiger partial charge in [0.25, 0.3) is 0 Å². The molecule has 0 fully saturated rings. The molecule has 3 aromatic rings. The van der Waals surface area contributed by atoms with Crippen LogP contribution < -0.4 is 5.32 Å². The summed E-state index contributed by atoms with van der Waals surface area (Å²) >= 11 is 0. The zero-order chi connectivity index (χ0) is 13.5. The first-order valence-electron chi connectivity index (χ1n) is 6.97. The van der Waals surface area contributed by atoms with Crippen LogP contribution in [0.1, 0.15) is 23.7 Å². The average molecular weight is 264 g/mol. The monoisotopic (exact) mass is 264 g/mol. The van der Waals surface area contributed by atoms with Gasteiger partial charge in [-0.2, -0.15) is 0 Å². The van der Waals surface area contributed by atoms with Crippen LogP contribution in [0.25, 0.3) is 11.0 Å². The number of nitrogens with one attached hydrogen (secondary N) is 1. The minimum atomic E-state index is 0.293. The molecule has 0 amide bonds. The standard InChI is InChI=1S/C16H16N4/c1-11-7-8-13-15(18-11)19-20-14(9-10-17-16(13)20)12-5-3-2-4-6-12/h2-8,14,17H,9-10H2,1H3. The molecule has 100 valence electrons. The van der Waals surface area contributed by atoms with E-state index in [1.54, 1.807) is 0 Å². The van der Waals surface area contributed by atoms with Crippen LogP contribution in [0, 0.1) is 6.92 Å². The highest BCUT2D eigenvalue weighted by Crippen LogP contribution is 2.33. The lowest BCUT2D eigenvalue weighted by Crippen LogP contribution is -2.24. The number of hydrogen-bond acceptors (Lipinski definition) is 3. The van der Waals surface area contributed by atoms with Crippen LogP contribution in [-0.4, -0.2) is 21.3 Å². The number of nitrogens with zero attached hydrogens (tertiary/aromatic N) is 3. The Morgan fingerprint density at radius 2 is 2.00 bits per heavy atom. The lowest BCUT2D eigenvalue weighted by atomic mass is 10.0. The van der Waals surface area contributed by atoms with Crippen molar-refractivity contribution in [1.29, 1.82) is 0 Å². The summed E-state index contributed by atoms with van der Waals surface area (Å²) in [5.41, 5.74) is 3.14. The fraction of sp³-hybridized carbons (Fsp3) is 0.250. The summed E-state index contributed by atoms with van der Waals surface area (Å²) in [4.78, 5) is 4.54. The van der Waals surface area contributed by atoms with Crippen molar-refractivity contribution in [1.82, 2.24) is 14.8 Å². The molecule has 4 nitrogen and oxygen atoms in total. The van der Waals surface area contributed by atoms with E-state index in [4.69, 9.17) is 5.10 Å². The molecule has 0 bridgehead atoms. The van der Waals surface area contributed by atoms with Crippen molar-refractivity contribution in [3.05, 3.63) is 53.7 Å². The molecule has 1 unspecified atom stereocenters. The first-order chi connectivity index (χ1) is 9.83. The maximum atomic E-state index is 4.71. The van der Waals surface area contributed by atoms with Gasteiger partial charge in [0.1, 0.15) is 5.82 Å². The third-order valence-corrected chi connectivity index (χ3v) is 3.89. The number of anilines is 1. The van der Waals surface area contributed by atoms with Crippen molar-refractivity contribution in [3.63, 3.8) is 0 Å². The molecule has 1 aromatic carbocycles. The molecular formula is C16H16N4. The van der Waals surface area contributed by atoms with Gasteiger partial charge in [0.05, 0.1) is 11.4 Å². The van der Waals surface area contributed by atoms with Gasteiger partial charge in [-0.1, -0.05) is 30.3 Å². The molecular weight excluding hydrogens is 248 g/mol. The number of aromatic nitrogens is 3. The Morgan fingerprint density at radius 3 is 2.85 bits per heavy atom. The van der Waals surface area contributed by atoms with E-state index in [9.17, 15) is 0 Å². The van der Waals surface area contributed by atoms with E-state index in [0.717, 1.165) is 35.5 Å². The normalized spacial score (nSPS) is 17.8. The fourth-order valence-corrected chi connectivity index (χ4v) is 2.91. The Hall–Kier alpha value is -2.36. The molecule has 0 spiro atoms. The topological polar surface area (TPSA) is 42.7 Å². The maximum Gasteiger partial charge on any atom is 0.183 e. The van der Waals surface area contributed by atoms with Gasteiger partial charge in [0.15, 0.2) is 5.65 Å². The fourth-order valence-electron chi connectivity index (χ4n) is 2.91. The van der Waals surface area contributed by atoms with E-state index in [1.165, 1.54) is 5.56 Å². The van der Waals surface area contributed by atoms with E-state index >= 15 is 0 Å². The number of benzene rings is 1. The van der Waals surface area contributed by atoms with Crippen molar-refractivity contribution in [2.45, 2.75) is 19.4 Å². The predicted octanol–water partition coefficient (Wildman–Crippen LogP) is 3.14. The molecule has 1 aliphatic rings. The van der Waals surface area contributed by atoms with Gasteiger partial charge in [-0.15, -0.1) is 5.10 Å². The zero-order valence-electron chi connectivity index (χ0n) is 11.4. The molecule has 0 saturated heterocycles. The molecule has 0 saturated carbocycles. The summed E-state index contributed by atoms with van der Waals surface area (Å²) in [6.45, 7) is 2.97. The minimum absolute atomic E-state index is 0.293. The van der Waals surface area contributed by atoms with E-state index < -0.39 is 0 Å². The summed E-state index contributed by atoms with van der Waals surface area (Å²) in [5, 5.41) is 9.29. The quantitative estimate of drug-likeness (QED) is 0.734. The van der Waals surface area contributed by atoms with Gasteiger partial charge in [0, 0.05) is 12.2 Å². The molecule has 1 N–H and O–H groups in total. The summed E-state index contributed by atoms with van der Waals surface area (Å²) < 4.78 is 2.09. The van der Waals surface area contributed by atoms with Crippen LogP contribution in [0.5, 0.6) is 0 Å². The molecule has 4 rings (SSSR count). The zero-order valence-corrected chi connectivity index (χ0v) is 11.4. The minimum Gasteiger partial charge on any atom is -0.370 e. The Morgan fingerprint density at radius 1 is 1.15 bits per heavy atom. The van der Waals surface area contributed by atoms with Crippen LogP contribution in [0.15, 0.2) is 42.5 Å². The van der Waals surface area contributed by atoms with Crippen molar-refractivity contribution < 1.29 is 0 Å². The third-order valence-electron chi connectivity index (χ3n) is 3.89. The largest absolute Gasteiger partial charge is 0.370 e. The maximum absolute atomic E-state index is 4.71. The van der Waals surface area contributed by atoms with E-state index in [-0.39, 0.29) is 0 Å². The van der Waals surface area contributed by atoms with Gasteiger partial charge in [-0.3, -0.25) is 0 Å². The predicted molar refractivity (Wildman–Crippen MR) is 80.0 cm³/mol. The van der Waals surface area contributed by atoms with Crippen molar-refractivity contribution in [3.8, 4) is 0 Å². The van der Waals surface area contributed by atoms with Gasteiger partial charge in [-0.05, 0) is 31.0 Å². The SMILES string of the molecule is Cc1ccc2c3n(nc2n1)C(c1ccccc1)CCN3. The number of fused-ring (bicyclic) bond motifs is 3. The molecule has 0 radical (unpaired) electrons. The van der Waals surface area contributed by atoms with Crippen LogP contribution >= 0.6 is 0 Å². The van der Waals surface area contributed by atoms with E-state index in [2.05, 4.69) is 51.4 Å². The molecule has 3 heterocycles. The number of hydrogen-bond donors (Lipinski definition) is 1. The van der Waals surface area contributed by atoms with Crippen molar-refractivity contribution in [2.24, 2.45) is 0 Å². The molecule has 1 aliphatic heterocycles. The lowest BCUT2D eigenvalue weighted by molar-refractivity contribution is 0.485. The van der Waals surface area contributed by atoms with Gasteiger partial charge >= 0.3 is 0 Å². The highest BCUT2D eigenvalue weighted by atomic mass is 15.4. The summed E-state index contributed by atoms with van der Waals surface area (Å²) in [7, 11) is 0. The average Bonchev–Trinajstić information content (AvgIpc) is 2.85. The molecule has 4 heteroatoms. The Labute approximate surface area is 117 Å². The van der Waals surface area contributed by atoms with Gasteiger partial charge < -0.3 is 5.32 Å². The highest BCUT2D eigenvalue weighted by molar-refractivity contribution is 5.88. The van der Waals surface area contributed by atoms with Crippen LogP contribution in [0.2, 0.25) is 0 Å². The molecule has 20 heavy (non-hydrogen) atoms. The van der Waals surface area contributed by atoms with Gasteiger partial charge in [-0.25, -0.2) is 9.67 Å². The third kappa shape index (κ3) is 1.68. The Kier molecular flexibility index (Phi) is 2.49. The lowest BCUT2D eigenvalue weighted by Gasteiger charge is -2.26. The van der Waals surface area contributed by atoms with Crippen LogP contribution in [-0.2, 0) is 0 Å². The van der Waals surface area contributed by atoms with Crippen LogP contribution in [0.4, 0.5) is 5.82 Å². The van der Waals surface area contributed by atoms with E-state index in [1.807, 2.05) is 13.0 Å². The first kappa shape index (κ1) is 11.5. The molecule has 0 aliphatic carbocycles. The van der Waals surface area contributed by atoms with Crippen molar-refractivity contribution in [2.75, 3.05) is 11.9 Å². The summed E-state index contributed by atoms with van der Waals surface area (Å²) in [6, 6.07) is 15.0. The summed E-state index contributed by atoms with van der Waals surface area (Å²) in [6.07, 6.45) is 1.05. The van der Waals surface area contributed by atoms with E-state index in [0.29, 0.717) is 6.04 Å². The van der Waals surface area contributed by atoms with Gasteiger partial charge in [0.2, 0.25) is 0 Å². The number of pyridine rings is 1. The summed E-state index contributed by atoms with van der Waals surface area (Å²) in [5.74, 6) is 1.09. The second kappa shape index (κ2) is 4.34. The number of rotatable bonds is 1. The molecule has 1 atom stereocenters. The highest BCUT2D eigenvalue weighted by Gasteiger charge is 2.24. The second-order valence-electron chi connectivity index (χ2n) is 5.26. The van der Waals surface area contributed by atoms with Crippen molar-refractivity contribution >= 4 is 16.9 Å². The molecule has 2 aromatic heterocycles. The van der Waals surface area contributed by atoms with Crippen LogP contribution in [0.3, 0.4) is 0 Å².